The van der Waals surface area contributed by atoms with Gasteiger partial charge < -0.3 is 19.3 Å². The summed E-state index contributed by atoms with van der Waals surface area (Å²) in [6, 6.07) is 14.5. The Morgan fingerprint density at radius 3 is 2.56 bits per heavy atom. The molecule has 2 aromatic carbocycles. The summed E-state index contributed by atoms with van der Waals surface area (Å²) in [6.07, 6.45) is 1.45. The van der Waals surface area contributed by atoms with Gasteiger partial charge >= 0.3 is 0 Å². The second-order valence-electron chi connectivity index (χ2n) is 8.81. The molecule has 0 bridgehead atoms. The number of para-hydroxylation sites is 2. The summed E-state index contributed by atoms with van der Waals surface area (Å²) >= 11 is 1.68. The van der Waals surface area contributed by atoms with E-state index in [0.29, 0.717) is 30.0 Å². The minimum atomic E-state index is -0.407. The van der Waals surface area contributed by atoms with Crippen molar-refractivity contribution < 1.29 is 23.5 Å². The van der Waals surface area contributed by atoms with Crippen LogP contribution in [-0.2, 0) is 11.2 Å². The summed E-state index contributed by atoms with van der Waals surface area (Å²) in [4.78, 5) is 31.6. The first kappa shape index (κ1) is 25.7. The van der Waals surface area contributed by atoms with Gasteiger partial charge in [-0.25, -0.2) is 4.39 Å². The molecule has 0 N–H and O–H groups in total. The van der Waals surface area contributed by atoms with Gasteiger partial charge in [-0.05, 0) is 73.2 Å². The third-order valence-corrected chi connectivity index (χ3v) is 7.66. The van der Waals surface area contributed by atoms with Crippen molar-refractivity contribution in [3.63, 3.8) is 0 Å². The zero-order valence-corrected chi connectivity index (χ0v) is 21.6. The highest BCUT2D eigenvalue weighted by molar-refractivity contribution is 7.10. The Morgan fingerprint density at radius 1 is 1.14 bits per heavy atom. The summed E-state index contributed by atoms with van der Waals surface area (Å²) in [7, 11) is 1.59. The Bertz CT molecular complexity index is 1200. The highest BCUT2D eigenvalue weighted by Gasteiger charge is 2.34. The monoisotopic (exact) mass is 510 g/mol. The van der Waals surface area contributed by atoms with Crippen molar-refractivity contribution in [1.29, 1.82) is 0 Å². The van der Waals surface area contributed by atoms with Crippen LogP contribution in [0.25, 0.3) is 0 Å². The normalized spacial score (nSPS) is 15.7. The number of hydrogen-bond donors (Lipinski definition) is 0. The van der Waals surface area contributed by atoms with Crippen LogP contribution in [0.3, 0.4) is 0 Å². The quantitative estimate of drug-likeness (QED) is 0.390. The molecular weight excluding hydrogens is 479 g/mol. The van der Waals surface area contributed by atoms with Crippen LogP contribution < -0.4 is 9.47 Å². The number of halogens is 1. The lowest BCUT2D eigenvalue weighted by atomic mass is 10.00. The zero-order chi connectivity index (χ0) is 25.7. The van der Waals surface area contributed by atoms with Crippen LogP contribution in [0.5, 0.6) is 11.5 Å². The van der Waals surface area contributed by atoms with E-state index in [9.17, 15) is 14.0 Å². The maximum Gasteiger partial charge on any atom is 0.254 e. The second kappa shape index (κ2) is 11.6. The Balaban J connectivity index is 1.56. The average Bonchev–Trinajstić information content (AvgIpc) is 3.39. The van der Waals surface area contributed by atoms with Crippen molar-refractivity contribution in [3.05, 3.63) is 81.8 Å². The number of rotatable bonds is 9. The van der Waals surface area contributed by atoms with Gasteiger partial charge in [-0.3, -0.25) is 9.59 Å². The predicted molar refractivity (Wildman–Crippen MR) is 138 cm³/mol. The number of fused-ring (bicyclic) bond motifs is 1. The van der Waals surface area contributed by atoms with E-state index in [0.717, 1.165) is 12.0 Å². The number of hydrogen-bond acceptors (Lipinski definition) is 5. The minimum absolute atomic E-state index is 0.0597. The first-order chi connectivity index (χ1) is 17.4. The lowest BCUT2D eigenvalue weighted by Gasteiger charge is -2.38. The van der Waals surface area contributed by atoms with Crippen LogP contribution in [-0.4, -0.2) is 54.5 Å². The van der Waals surface area contributed by atoms with Crippen molar-refractivity contribution >= 4 is 23.2 Å². The highest BCUT2D eigenvalue weighted by atomic mass is 32.1. The summed E-state index contributed by atoms with van der Waals surface area (Å²) in [6.45, 7) is 4.65. The molecule has 2 amide bonds. The van der Waals surface area contributed by atoms with Gasteiger partial charge in [0.25, 0.3) is 5.91 Å². The zero-order valence-electron chi connectivity index (χ0n) is 20.8. The number of benzene rings is 2. The van der Waals surface area contributed by atoms with Gasteiger partial charge in [-0.15, -0.1) is 11.3 Å². The van der Waals surface area contributed by atoms with E-state index in [1.54, 1.807) is 23.3 Å². The fourth-order valence-corrected chi connectivity index (χ4v) is 5.35. The van der Waals surface area contributed by atoms with Gasteiger partial charge in [-0.1, -0.05) is 19.1 Å². The number of carbonyl (C=O) groups excluding carboxylic acids is 2. The molecule has 1 aromatic heterocycles. The first-order valence-corrected chi connectivity index (χ1v) is 13.0. The lowest BCUT2D eigenvalue weighted by molar-refractivity contribution is -0.136. The number of methoxy groups -OCH3 is 1. The van der Waals surface area contributed by atoms with E-state index >= 15 is 0 Å². The van der Waals surface area contributed by atoms with E-state index in [1.807, 2.05) is 54.5 Å². The highest BCUT2D eigenvalue weighted by Crippen LogP contribution is 2.35. The van der Waals surface area contributed by atoms with E-state index in [4.69, 9.17) is 9.47 Å². The molecule has 3 aromatic rings. The van der Waals surface area contributed by atoms with Gasteiger partial charge in [0.2, 0.25) is 5.91 Å². The van der Waals surface area contributed by atoms with Crippen LogP contribution >= 0.6 is 11.3 Å². The Labute approximate surface area is 215 Å². The van der Waals surface area contributed by atoms with Crippen molar-refractivity contribution in [2.75, 3.05) is 26.8 Å². The summed E-state index contributed by atoms with van der Waals surface area (Å²) in [5.74, 6) is 0.409. The third kappa shape index (κ3) is 5.54. The Hall–Kier alpha value is -3.39. The molecule has 0 saturated carbocycles. The number of ether oxygens (including phenoxy) is 2. The number of thiophene rings is 1. The van der Waals surface area contributed by atoms with Crippen LogP contribution in [0.1, 0.15) is 47.1 Å². The molecule has 0 saturated heterocycles. The molecule has 6 nitrogen and oxygen atoms in total. The van der Waals surface area contributed by atoms with Gasteiger partial charge in [0, 0.05) is 23.0 Å². The molecule has 0 aliphatic carbocycles. The Morgan fingerprint density at radius 2 is 1.86 bits per heavy atom. The molecule has 1 aliphatic heterocycles. The minimum Gasteiger partial charge on any atom is -0.493 e. The molecule has 0 radical (unpaired) electrons. The number of amides is 2. The molecule has 190 valence electrons. The summed E-state index contributed by atoms with van der Waals surface area (Å²) in [5.41, 5.74) is 1.44. The van der Waals surface area contributed by atoms with Crippen LogP contribution in [0.4, 0.5) is 4.39 Å². The van der Waals surface area contributed by atoms with Crippen molar-refractivity contribution in [3.8, 4) is 11.5 Å². The van der Waals surface area contributed by atoms with Crippen molar-refractivity contribution in [1.82, 2.24) is 9.80 Å². The molecule has 4 rings (SSSR count). The molecule has 2 heterocycles. The van der Waals surface area contributed by atoms with E-state index in [-0.39, 0.29) is 37.0 Å². The van der Waals surface area contributed by atoms with E-state index < -0.39 is 5.82 Å². The van der Waals surface area contributed by atoms with Gasteiger partial charge in [-0.2, -0.15) is 0 Å². The van der Waals surface area contributed by atoms with Gasteiger partial charge in [0.15, 0.2) is 11.5 Å². The van der Waals surface area contributed by atoms with E-state index in [2.05, 4.69) is 0 Å². The average molecular weight is 511 g/mol. The van der Waals surface area contributed by atoms with Crippen LogP contribution in [0, 0.1) is 5.82 Å². The second-order valence-corrected chi connectivity index (χ2v) is 9.81. The maximum absolute atomic E-state index is 13.7. The maximum atomic E-state index is 13.7. The lowest BCUT2D eigenvalue weighted by Crippen LogP contribution is -2.49. The Kier molecular flexibility index (Phi) is 8.25. The molecule has 0 unspecified atom stereocenters. The molecule has 36 heavy (non-hydrogen) atoms. The SMILES string of the molecule is CC[C@H](C)N(CC(=O)N1CCc2sccc2[C@H]1COc1ccccc1OC)C(=O)c1ccc(F)cc1. The van der Waals surface area contributed by atoms with Crippen LogP contribution in [0.15, 0.2) is 60.0 Å². The summed E-state index contributed by atoms with van der Waals surface area (Å²) < 4.78 is 25.0. The van der Waals surface area contributed by atoms with E-state index in [1.165, 1.54) is 29.1 Å². The smallest absolute Gasteiger partial charge is 0.254 e. The molecule has 2 atom stereocenters. The van der Waals surface area contributed by atoms with Crippen molar-refractivity contribution in [2.24, 2.45) is 0 Å². The molecule has 0 spiro atoms. The topological polar surface area (TPSA) is 59.1 Å². The fourth-order valence-electron chi connectivity index (χ4n) is 4.42. The molecule has 8 heteroatoms. The number of carbonyl (C=O) groups is 2. The first-order valence-electron chi connectivity index (χ1n) is 12.1. The largest absolute Gasteiger partial charge is 0.493 e. The molecule has 1 aliphatic rings. The van der Waals surface area contributed by atoms with Gasteiger partial charge in [0.05, 0.1) is 13.2 Å². The predicted octanol–water partition coefficient (Wildman–Crippen LogP) is 5.34. The summed E-state index contributed by atoms with van der Waals surface area (Å²) in [5, 5.41) is 2.04. The molecular formula is C28H31FN2O4S. The standard InChI is InChI=1S/C28H31FN2O4S/c1-4-19(2)31(28(33)20-9-11-21(29)12-10-20)17-27(32)30-15-13-26-22(14-16-36-26)23(30)18-35-25-8-6-5-7-24(25)34-3/h5-12,14,16,19,23H,4,13,15,17-18H2,1-3H3/t19-,23+/m0/s1. The number of nitrogens with zero attached hydrogens (tertiary/aromatic N) is 2. The third-order valence-electron chi connectivity index (χ3n) is 6.66. The van der Waals surface area contributed by atoms with Crippen LogP contribution in [0.2, 0.25) is 0 Å². The van der Waals surface area contributed by atoms with Gasteiger partial charge in [0.1, 0.15) is 19.0 Å². The fraction of sp³-hybridized carbons (Fsp3) is 0.357. The van der Waals surface area contributed by atoms with Crippen molar-refractivity contribution in [2.45, 2.75) is 38.8 Å². The molecule has 0 fully saturated rings.